The highest BCUT2D eigenvalue weighted by Gasteiger charge is 2.35. The number of carbonyl (C=O) groups excluding carboxylic acids is 1. The Morgan fingerprint density at radius 2 is 2.00 bits per heavy atom. The molecule has 7 heteroatoms. The van der Waals surface area contributed by atoms with Crippen LogP contribution in [0.4, 0.5) is 5.69 Å². The Bertz CT molecular complexity index is 550. The van der Waals surface area contributed by atoms with E-state index in [1.165, 1.54) is 11.3 Å². The lowest BCUT2D eigenvalue weighted by Gasteiger charge is -2.32. The summed E-state index contributed by atoms with van der Waals surface area (Å²) in [4.78, 5) is 14.7. The highest BCUT2D eigenvalue weighted by molar-refractivity contribution is 5.86. The number of nitrogens with one attached hydrogen (secondary N) is 1. The van der Waals surface area contributed by atoms with E-state index in [0.29, 0.717) is 38.6 Å². The third-order valence-electron chi connectivity index (χ3n) is 4.82. The predicted octanol–water partition coefficient (Wildman–Crippen LogP) is 1.91. The Kier molecular flexibility index (Phi) is 7.80. The lowest BCUT2D eigenvalue weighted by atomic mass is 9.90. The van der Waals surface area contributed by atoms with Crippen LogP contribution in [0.15, 0.2) is 24.3 Å². The molecule has 2 heterocycles. The summed E-state index contributed by atoms with van der Waals surface area (Å²) in [7, 11) is 0. The number of fused-ring (bicyclic) bond motifs is 1. The molecule has 1 atom stereocenters. The van der Waals surface area contributed by atoms with Crippen molar-refractivity contribution in [1.82, 2.24) is 5.32 Å². The van der Waals surface area contributed by atoms with Gasteiger partial charge in [0, 0.05) is 38.0 Å². The summed E-state index contributed by atoms with van der Waals surface area (Å²) in [6, 6.07) is 8.97. The van der Waals surface area contributed by atoms with Crippen molar-refractivity contribution < 1.29 is 9.53 Å². The van der Waals surface area contributed by atoms with Crippen LogP contribution in [0.5, 0.6) is 0 Å². The number of carbonyl (C=O) groups is 1. The smallest absolute Gasteiger partial charge is 0.240 e. The molecule has 3 rings (SSSR count). The Labute approximate surface area is 156 Å². The van der Waals surface area contributed by atoms with Gasteiger partial charge in [-0.05, 0) is 37.8 Å². The van der Waals surface area contributed by atoms with Crippen molar-refractivity contribution in [3.8, 4) is 0 Å². The molecule has 0 aromatic heterocycles. The lowest BCUT2D eigenvalue weighted by molar-refractivity contribution is -0.129. The second-order valence-corrected chi connectivity index (χ2v) is 6.40. The van der Waals surface area contributed by atoms with Gasteiger partial charge in [-0.1, -0.05) is 18.2 Å². The molecule has 1 fully saturated rings. The van der Waals surface area contributed by atoms with Crippen LogP contribution in [-0.2, 0) is 16.0 Å². The van der Waals surface area contributed by atoms with Crippen molar-refractivity contribution in [3.63, 3.8) is 0 Å². The third-order valence-corrected chi connectivity index (χ3v) is 4.82. The average Bonchev–Trinajstić information content (AvgIpc) is 2.84. The van der Waals surface area contributed by atoms with E-state index in [1.807, 2.05) is 0 Å². The fourth-order valence-corrected chi connectivity index (χ4v) is 3.40. The third kappa shape index (κ3) is 4.33. The second kappa shape index (κ2) is 8.90. The van der Waals surface area contributed by atoms with Crippen LogP contribution in [0.2, 0.25) is 0 Å². The molecule has 5 nitrogen and oxygen atoms in total. The van der Waals surface area contributed by atoms with Crippen LogP contribution in [-0.4, -0.2) is 43.8 Å². The topological polar surface area (TPSA) is 67.6 Å². The fourth-order valence-electron chi connectivity index (χ4n) is 3.40. The van der Waals surface area contributed by atoms with Gasteiger partial charge in [0.1, 0.15) is 0 Å². The molecule has 1 amide bonds. The first kappa shape index (κ1) is 21.0. The van der Waals surface area contributed by atoms with E-state index in [4.69, 9.17) is 10.5 Å². The van der Waals surface area contributed by atoms with Crippen LogP contribution in [0.25, 0.3) is 0 Å². The van der Waals surface area contributed by atoms with Crippen LogP contribution < -0.4 is 16.0 Å². The summed E-state index contributed by atoms with van der Waals surface area (Å²) < 4.78 is 5.29. The molecule has 0 aliphatic carbocycles. The first-order valence-corrected chi connectivity index (χ1v) is 8.10. The Morgan fingerprint density at radius 3 is 2.71 bits per heavy atom. The molecule has 136 valence electrons. The first-order valence-electron chi connectivity index (χ1n) is 8.10. The maximum Gasteiger partial charge on any atom is 0.240 e. The van der Waals surface area contributed by atoms with Crippen LogP contribution in [0.3, 0.4) is 0 Å². The number of amides is 1. The number of hydrogen-bond acceptors (Lipinski definition) is 4. The van der Waals surface area contributed by atoms with Crippen LogP contribution in [0.1, 0.15) is 25.3 Å². The molecule has 24 heavy (non-hydrogen) atoms. The van der Waals surface area contributed by atoms with Crippen LogP contribution >= 0.6 is 24.8 Å². The Morgan fingerprint density at radius 1 is 1.33 bits per heavy atom. The molecule has 2 aliphatic rings. The van der Waals surface area contributed by atoms with E-state index in [1.54, 1.807) is 0 Å². The zero-order chi connectivity index (χ0) is 15.6. The maximum absolute atomic E-state index is 12.3. The first-order chi connectivity index (χ1) is 10.6. The molecule has 2 aliphatic heterocycles. The monoisotopic (exact) mass is 375 g/mol. The SMILES string of the molecule is CC1Cc2ccccc2N1CCNC(=O)C1(N)CCOCC1.Cl.Cl. The summed E-state index contributed by atoms with van der Waals surface area (Å²) in [6.07, 6.45) is 2.27. The molecule has 1 unspecified atom stereocenters. The Hall–Kier alpha value is -1.01. The highest BCUT2D eigenvalue weighted by atomic mass is 35.5. The van der Waals surface area contributed by atoms with Gasteiger partial charge >= 0.3 is 0 Å². The highest BCUT2D eigenvalue weighted by Crippen LogP contribution is 2.31. The van der Waals surface area contributed by atoms with Gasteiger partial charge in [-0.15, -0.1) is 24.8 Å². The lowest BCUT2D eigenvalue weighted by Crippen LogP contribution is -2.57. The van der Waals surface area contributed by atoms with Crippen molar-refractivity contribution in [3.05, 3.63) is 29.8 Å². The normalized spacial score (nSPS) is 21.2. The minimum absolute atomic E-state index is 0. The summed E-state index contributed by atoms with van der Waals surface area (Å²) in [5, 5.41) is 3.01. The number of rotatable bonds is 4. The zero-order valence-corrected chi connectivity index (χ0v) is 15.6. The second-order valence-electron chi connectivity index (χ2n) is 6.40. The van der Waals surface area contributed by atoms with Crippen molar-refractivity contribution in [2.45, 2.75) is 37.8 Å². The minimum atomic E-state index is -0.757. The molecule has 0 radical (unpaired) electrons. The molecule has 3 N–H and O–H groups in total. The van der Waals surface area contributed by atoms with Crippen molar-refractivity contribution in [1.29, 1.82) is 0 Å². The fraction of sp³-hybridized carbons (Fsp3) is 0.588. The standard InChI is InChI=1S/C17H25N3O2.2ClH/c1-13-12-14-4-2-3-5-15(14)20(13)9-8-19-16(21)17(18)6-10-22-11-7-17;;/h2-5,13H,6-12,18H2,1H3,(H,19,21);2*1H. The largest absolute Gasteiger partial charge is 0.381 e. The van der Waals surface area contributed by atoms with Gasteiger partial charge in [0.15, 0.2) is 0 Å². The van der Waals surface area contributed by atoms with E-state index >= 15 is 0 Å². The minimum Gasteiger partial charge on any atom is -0.381 e. The van der Waals surface area contributed by atoms with E-state index in [9.17, 15) is 4.79 Å². The number of nitrogens with zero attached hydrogens (tertiary/aromatic N) is 1. The summed E-state index contributed by atoms with van der Waals surface area (Å²) in [5.74, 6) is -0.0454. The van der Waals surface area contributed by atoms with E-state index < -0.39 is 5.54 Å². The van der Waals surface area contributed by atoms with Gasteiger partial charge in [-0.3, -0.25) is 4.79 Å². The van der Waals surface area contributed by atoms with Gasteiger partial charge in [-0.25, -0.2) is 0 Å². The number of hydrogen-bond donors (Lipinski definition) is 2. The van der Waals surface area contributed by atoms with E-state index in [-0.39, 0.29) is 30.7 Å². The van der Waals surface area contributed by atoms with Crippen molar-refractivity contribution in [2.24, 2.45) is 5.73 Å². The molecule has 1 saturated heterocycles. The number of nitrogens with two attached hydrogens (primary N) is 1. The molecule has 0 bridgehead atoms. The molecular formula is C17H27Cl2N3O2. The van der Waals surface area contributed by atoms with E-state index in [2.05, 4.69) is 41.4 Å². The van der Waals surface area contributed by atoms with Gasteiger partial charge < -0.3 is 20.7 Å². The Balaban J connectivity index is 0.00000144. The summed E-state index contributed by atoms with van der Waals surface area (Å²) in [5.41, 5.74) is 8.12. The number of benzene rings is 1. The number of para-hydroxylation sites is 1. The number of anilines is 1. The van der Waals surface area contributed by atoms with E-state index in [0.717, 1.165) is 13.0 Å². The molecular weight excluding hydrogens is 349 g/mol. The molecule has 1 aromatic rings. The molecule has 1 aromatic carbocycles. The number of halogens is 2. The zero-order valence-electron chi connectivity index (χ0n) is 14.0. The average molecular weight is 376 g/mol. The van der Waals surface area contributed by atoms with Gasteiger partial charge in [0.25, 0.3) is 0 Å². The maximum atomic E-state index is 12.3. The van der Waals surface area contributed by atoms with Gasteiger partial charge in [0.05, 0.1) is 5.54 Å². The molecule has 0 spiro atoms. The van der Waals surface area contributed by atoms with Gasteiger partial charge in [-0.2, -0.15) is 0 Å². The summed E-state index contributed by atoms with van der Waals surface area (Å²) in [6.45, 7) is 4.81. The van der Waals surface area contributed by atoms with Crippen molar-refractivity contribution >= 4 is 36.4 Å². The quantitative estimate of drug-likeness (QED) is 0.843. The van der Waals surface area contributed by atoms with Crippen LogP contribution in [0, 0.1) is 0 Å². The molecule has 0 saturated carbocycles. The predicted molar refractivity (Wildman–Crippen MR) is 101 cm³/mol. The van der Waals surface area contributed by atoms with Crippen molar-refractivity contribution in [2.75, 3.05) is 31.2 Å². The summed E-state index contributed by atoms with van der Waals surface area (Å²) >= 11 is 0. The van der Waals surface area contributed by atoms with Gasteiger partial charge in [0.2, 0.25) is 5.91 Å². The number of ether oxygens (including phenoxy) is 1.